The molecule has 2 N–H and O–H groups in total. The van der Waals surface area contributed by atoms with Crippen LogP contribution < -0.4 is 10.7 Å². The molecule has 7 nitrogen and oxygen atoms in total. The minimum absolute atomic E-state index is 0.0664. The lowest BCUT2D eigenvalue weighted by Gasteiger charge is -2.33. The molecular weight excluding hydrogens is 302 g/mol. The van der Waals surface area contributed by atoms with Gasteiger partial charge in [0.1, 0.15) is 5.84 Å². The Morgan fingerprint density at radius 3 is 2.75 bits per heavy atom. The molecule has 2 unspecified atom stereocenters. The molecule has 3 aliphatic heterocycles. The lowest BCUT2D eigenvalue weighted by atomic mass is 10.0. The average Bonchev–Trinajstić information content (AvgIpc) is 2.90. The van der Waals surface area contributed by atoms with Crippen molar-refractivity contribution in [3.63, 3.8) is 0 Å². The van der Waals surface area contributed by atoms with Crippen LogP contribution in [0.1, 0.15) is 30.3 Å². The highest BCUT2D eigenvalue weighted by atomic mass is 15.5. The standard InChI is InChI=1S/C17H25N7/c1-12-14-10-13(4-5-15(14)21-22(12)2)17-20-16(11-19-23(17)3)24-8-6-18-7-9-24/h4-5,10-12,17-18,21H,6-9H2,1-3H3. The van der Waals surface area contributed by atoms with Crippen molar-refractivity contribution < 1.29 is 0 Å². The molecule has 2 atom stereocenters. The van der Waals surface area contributed by atoms with Gasteiger partial charge in [-0.05, 0) is 30.2 Å². The highest BCUT2D eigenvalue weighted by molar-refractivity contribution is 6.29. The molecule has 3 aliphatic rings. The number of amidine groups is 1. The molecule has 7 heteroatoms. The molecule has 1 aromatic carbocycles. The van der Waals surface area contributed by atoms with Gasteiger partial charge in [0, 0.05) is 40.3 Å². The molecule has 0 bridgehead atoms. The first-order chi connectivity index (χ1) is 11.6. The van der Waals surface area contributed by atoms with Gasteiger partial charge in [-0.3, -0.25) is 5.01 Å². The Hall–Kier alpha value is -2.12. The number of hydrazine groups is 1. The zero-order chi connectivity index (χ0) is 16.7. The number of rotatable bonds is 1. The van der Waals surface area contributed by atoms with Crippen LogP contribution in [-0.2, 0) is 0 Å². The Morgan fingerprint density at radius 2 is 1.96 bits per heavy atom. The fraction of sp³-hybridized carbons (Fsp3) is 0.529. The summed E-state index contributed by atoms with van der Waals surface area (Å²) < 4.78 is 0. The fourth-order valence-corrected chi connectivity index (χ4v) is 3.48. The number of piperazine rings is 1. The molecule has 0 aliphatic carbocycles. The topological polar surface area (TPSA) is 58.5 Å². The third-order valence-electron chi connectivity index (χ3n) is 5.11. The van der Waals surface area contributed by atoms with Crippen LogP contribution in [0.4, 0.5) is 5.69 Å². The lowest BCUT2D eigenvalue weighted by Crippen LogP contribution is -2.48. The summed E-state index contributed by atoms with van der Waals surface area (Å²) in [6.07, 6.45) is 1.82. The smallest absolute Gasteiger partial charge is 0.164 e. The van der Waals surface area contributed by atoms with E-state index in [4.69, 9.17) is 4.99 Å². The van der Waals surface area contributed by atoms with E-state index in [0.29, 0.717) is 6.04 Å². The second kappa shape index (κ2) is 6.07. The largest absolute Gasteiger partial charge is 0.353 e. The zero-order valence-corrected chi connectivity index (χ0v) is 14.5. The molecule has 0 aromatic heterocycles. The van der Waals surface area contributed by atoms with E-state index in [1.54, 1.807) is 0 Å². The molecule has 4 rings (SSSR count). The van der Waals surface area contributed by atoms with Crippen molar-refractivity contribution in [2.45, 2.75) is 19.1 Å². The highest BCUT2D eigenvalue weighted by Crippen LogP contribution is 2.36. The van der Waals surface area contributed by atoms with Gasteiger partial charge in [0.15, 0.2) is 6.17 Å². The molecule has 1 fully saturated rings. The van der Waals surface area contributed by atoms with Crippen molar-refractivity contribution >= 4 is 17.7 Å². The number of hydrogen-bond donors (Lipinski definition) is 2. The molecule has 0 spiro atoms. The molecule has 0 amide bonds. The van der Waals surface area contributed by atoms with E-state index in [1.165, 1.54) is 16.8 Å². The first-order valence-corrected chi connectivity index (χ1v) is 8.57. The Labute approximate surface area is 143 Å². The second-order valence-corrected chi connectivity index (χ2v) is 6.66. The molecule has 1 aromatic rings. The van der Waals surface area contributed by atoms with Gasteiger partial charge in [0.2, 0.25) is 0 Å². The second-order valence-electron chi connectivity index (χ2n) is 6.66. The van der Waals surface area contributed by atoms with Gasteiger partial charge in [-0.25, -0.2) is 10.0 Å². The zero-order valence-electron chi connectivity index (χ0n) is 14.5. The summed E-state index contributed by atoms with van der Waals surface area (Å²) in [6, 6.07) is 6.92. The van der Waals surface area contributed by atoms with E-state index >= 15 is 0 Å². The van der Waals surface area contributed by atoms with Gasteiger partial charge in [-0.15, -0.1) is 0 Å². The number of hydrazone groups is 1. The summed E-state index contributed by atoms with van der Waals surface area (Å²) >= 11 is 0. The number of benzene rings is 1. The van der Waals surface area contributed by atoms with Gasteiger partial charge >= 0.3 is 0 Å². The predicted octanol–water partition coefficient (Wildman–Crippen LogP) is 1.25. The van der Waals surface area contributed by atoms with Crippen LogP contribution in [0.3, 0.4) is 0 Å². The van der Waals surface area contributed by atoms with E-state index in [0.717, 1.165) is 32.0 Å². The van der Waals surface area contributed by atoms with Gasteiger partial charge < -0.3 is 15.6 Å². The summed E-state index contributed by atoms with van der Waals surface area (Å²) in [5.74, 6) is 0.989. The normalized spacial score (nSPS) is 27.0. The van der Waals surface area contributed by atoms with Crippen LogP contribution in [0.2, 0.25) is 0 Å². The first kappa shape index (κ1) is 15.4. The molecule has 24 heavy (non-hydrogen) atoms. The van der Waals surface area contributed by atoms with Gasteiger partial charge in [0.05, 0.1) is 17.9 Å². The van der Waals surface area contributed by atoms with E-state index < -0.39 is 0 Å². The Balaban J connectivity index is 1.63. The van der Waals surface area contributed by atoms with Crippen LogP contribution in [0.15, 0.2) is 28.3 Å². The van der Waals surface area contributed by atoms with Crippen molar-refractivity contribution in [1.29, 1.82) is 0 Å². The number of fused-ring (bicyclic) bond motifs is 1. The Bertz CT molecular complexity index is 678. The minimum atomic E-state index is -0.0664. The predicted molar refractivity (Wildman–Crippen MR) is 97.1 cm³/mol. The van der Waals surface area contributed by atoms with Crippen LogP contribution in [0, 0.1) is 0 Å². The van der Waals surface area contributed by atoms with Crippen molar-refractivity contribution in [3.05, 3.63) is 29.3 Å². The molecular formula is C17H25N7. The van der Waals surface area contributed by atoms with E-state index in [1.807, 2.05) is 18.3 Å². The van der Waals surface area contributed by atoms with Crippen LogP contribution in [0.25, 0.3) is 0 Å². The molecule has 3 heterocycles. The average molecular weight is 327 g/mol. The number of aliphatic imine (C=N–C) groups is 1. The van der Waals surface area contributed by atoms with Crippen molar-refractivity contribution in [2.24, 2.45) is 10.1 Å². The lowest BCUT2D eigenvalue weighted by molar-refractivity contribution is 0.255. The Morgan fingerprint density at radius 1 is 1.17 bits per heavy atom. The molecule has 128 valence electrons. The first-order valence-electron chi connectivity index (χ1n) is 8.57. The highest BCUT2D eigenvalue weighted by Gasteiger charge is 2.27. The van der Waals surface area contributed by atoms with Gasteiger partial charge in [0.25, 0.3) is 0 Å². The van der Waals surface area contributed by atoms with Crippen molar-refractivity contribution in [3.8, 4) is 0 Å². The number of hydrogen-bond acceptors (Lipinski definition) is 7. The molecule has 1 saturated heterocycles. The maximum atomic E-state index is 4.98. The third kappa shape index (κ3) is 2.63. The minimum Gasteiger partial charge on any atom is -0.353 e. The number of anilines is 1. The summed E-state index contributed by atoms with van der Waals surface area (Å²) in [5.41, 5.74) is 7.07. The van der Waals surface area contributed by atoms with E-state index in [2.05, 4.69) is 57.9 Å². The fourth-order valence-electron chi connectivity index (χ4n) is 3.48. The maximum absolute atomic E-state index is 4.98. The Kier molecular flexibility index (Phi) is 3.90. The summed E-state index contributed by atoms with van der Waals surface area (Å²) in [6.45, 7) is 6.18. The van der Waals surface area contributed by atoms with Gasteiger partial charge in [-0.1, -0.05) is 6.07 Å². The van der Waals surface area contributed by atoms with Crippen molar-refractivity contribution in [1.82, 2.24) is 20.2 Å². The third-order valence-corrected chi connectivity index (χ3v) is 5.11. The molecule has 0 saturated carbocycles. The van der Waals surface area contributed by atoms with Crippen molar-refractivity contribution in [2.75, 3.05) is 45.7 Å². The van der Waals surface area contributed by atoms with E-state index in [9.17, 15) is 0 Å². The summed E-state index contributed by atoms with van der Waals surface area (Å²) in [5, 5.41) is 12.0. The van der Waals surface area contributed by atoms with Crippen LogP contribution >= 0.6 is 0 Å². The van der Waals surface area contributed by atoms with E-state index in [-0.39, 0.29) is 6.17 Å². The summed E-state index contributed by atoms with van der Waals surface area (Å²) in [4.78, 5) is 7.29. The monoisotopic (exact) mass is 327 g/mol. The maximum Gasteiger partial charge on any atom is 0.164 e. The quantitative estimate of drug-likeness (QED) is 0.813. The molecule has 0 radical (unpaired) electrons. The SMILES string of the molecule is CC1c2cc(C3N=C(N4CCNCC4)C=NN3C)ccc2NN1C. The number of nitrogens with zero attached hydrogens (tertiary/aromatic N) is 5. The van der Waals surface area contributed by atoms with Crippen LogP contribution in [-0.4, -0.2) is 67.2 Å². The van der Waals surface area contributed by atoms with Crippen LogP contribution in [0.5, 0.6) is 0 Å². The summed E-state index contributed by atoms with van der Waals surface area (Å²) in [7, 11) is 4.06. The van der Waals surface area contributed by atoms with Gasteiger partial charge in [-0.2, -0.15) is 5.10 Å². The number of nitrogens with one attached hydrogen (secondary N) is 2.